The van der Waals surface area contributed by atoms with Crippen LogP contribution in [0.5, 0.6) is 0 Å². The molecule has 13 nitrogen and oxygen atoms in total. The summed E-state index contributed by atoms with van der Waals surface area (Å²) in [7, 11) is 1.61. The van der Waals surface area contributed by atoms with E-state index in [1.807, 2.05) is 6.92 Å². The predicted molar refractivity (Wildman–Crippen MR) is 122 cm³/mol. The minimum absolute atomic E-state index is 0.0245. The average molecular weight is 496 g/mol. The molecule has 0 saturated carbocycles. The van der Waals surface area contributed by atoms with Crippen molar-refractivity contribution in [1.82, 2.24) is 0 Å². The van der Waals surface area contributed by atoms with Gasteiger partial charge in [-0.05, 0) is 5.53 Å². The predicted octanol–water partition coefficient (Wildman–Crippen LogP) is 1.24. The van der Waals surface area contributed by atoms with E-state index in [-0.39, 0.29) is 13.4 Å². The van der Waals surface area contributed by atoms with Gasteiger partial charge in [0.15, 0.2) is 0 Å². The van der Waals surface area contributed by atoms with Gasteiger partial charge < -0.3 is 47.4 Å². The van der Waals surface area contributed by atoms with Gasteiger partial charge in [-0.2, -0.15) is 0 Å². The molecule has 0 bridgehead atoms. The first kappa shape index (κ1) is 32.6. The molecule has 0 rings (SSSR count). The number of ether oxygens (including phenoxy) is 9. The minimum Gasteiger partial charge on any atom is -0.382 e. The Morgan fingerprint density at radius 1 is 0.706 bits per heavy atom. The van der Waals surface area contributed by atoms with Crippen molar-refractivity contribution in [1.29, 1.82) is 0 Å². The first-order valence-corrected chi connectivity index (χ1v) is 11.2. The SMILES string of the molecule is COCCOCOCCOCCOCC(C)(COCC=O)COCCOCCOCCN=[N+]=[N-]. The normalized spacial score (nSPS) is 12.9. The summed E-state index contributed by atoms with van der Waals surface area (Å²) < 4.78 is 48.3. The average Bonchev–Trinajstić information content (AvgIpc) is 2.83. The van der Waals surface area contributed by atoms with Crippen molar-refractivity contribution in [3.63, 3.8) is 0 Å². The molecular formula is C21H41N3O10. The van der Waals surface area contributed by atoms with Gasteiger partial charge in [-0.25, -0.2) is 0 Å². The Labute approximate surface area is 201 Å². The highest BCUT2D eigenvalue weighted by Crippen LogP contribution is 2.18. The molecule has 0 radical (unpaired) electrons. The quantitative estimate of drug-likeness (QED) is 0.0387. The number of carbonyl (C=O) groups is 1. The molecule has 0 aliphatic heterocycles. The zero-order chi connectivity index (χ0) is 25.0. The lowest BCUT2D eigenvalue weighted by Crippen LogP contribution is -2.35. The van der Waals surface area contributed by atoms with Gasteiger partial charge in [-0.1, -0.05) is 12.0 Å². The van der Waals surface area contributed by atoms with Crippen LogP contribution in [-0.2, 0) is 47.4 Å². The molecule has 0 saturated heterocycles. The number of aldehydes is 1. The van der Waals surface area contributed by atoms with Crippen molar-refractivity contribution in [2.24, 2.45) is 10.5 Å². The van der Waals surface area contributed by atoms with Crippen LogP contribution in [0.1, 0.15) is 6.92 Å². The summed E-state index contributed by atoms with van der Waals surface area (Å²) in [6.45, 7) is 8.37. The Morgan fingerprint density at radius 3 is 1.71 bits per heavy atom. The molecule has 0 spiro atoms. The summed E-state index contributed by atoms with van der Waals surface area (Å²) in [5.41, 5.74) is 7.74. The lowest BCUT2D eigenvalue weighted by atomic mass is 9.94. The number of rotatable bonds is 28. The molecule has 0 aliphatic rings. The van der Waals surface area contributed by atoms with E-state index in [0.717, 1.165) is 0 Å². The van der Waals surface area contributed by atoms with Gasteiger partial charge in [0.1, 0.15) is 19.7 Å². The Hall–Kier alpha value is -1.38. The minimum atomic E-state index is -0.421. The topological polar surface area (TPSA) is 149 Å². The van der Waals surface area contributed by atoms with Crippen molar-refractivity contribution in [3.05, 3.63) is 10.4 Å². The maximum Gasteiger partial charge on any atom is 0.146 e. The number of carbonyl (C=O) groups excluding carboxylic acids is 1. The molecule has 0 N–H and O–H groups in total. The van der Waals surface area contributed by atoms with Crippen LogP contribution in [-0.4, -0.2) is 126 Å². The second-order valence-electron chi connectivity index (χ2n) is 7.32. The molecule has 0 aromatic rings. The Bertz CT molecular complexity index is 497. The van der Waals surface area contributed by atoms with Crippen LogP contribution in [0, 0.1) is 5.41 Å². The van der Waals surface area contributed by atoms with Crippen LogP contribution < -0.4 is 0 Å². The highest BCUT2D eigenvalue weighted by atomic mass is 16.7. The van der Waals surface area contributed by atoms with E-state index in [1.54, 1.807) is 7.11 Å². The van der Waals surface area contributed by atoms with Crippen LogP contribution >= 0.6 is 0 Å². The molecule has 0 aromatic carbocycles. The summed E-state index contributed by atoms with van der Waals surface area (Å²) in [5, 5.41) is 3.37. The lowest BCUT2D eigenvalue weighted by Gasteiger charge is -2.28. The summed E-state index contributed by atoms with van der Waals surface area (Å²) in [4.78, 5) is 13.2. The fourth-order valence-corrected chi connectivity index (χ4v) is 2.36. The molecule has 13 heteroatoms. The monoisotopic (exact) mass is 495 g/mol. The molecule has 0 aromatic heterocycles. The number of nitrogens with zero attached hydrogens (tertiary/aromatic N) is 3. The Kier molecular flexibility index (Phi) is 25.2. The van der Waals surface area contributed by atoms with E-state index < -0.39 is 5.41 Å². The number of methoxy groups -OCH3 is 1. The maximum absolute atomic E-state index is 10.5. The molecule has 200 valence electrons. The van der Waals surface area contributed by atoms with E-state index in [1.165, 1.54) is 0 Å². The molecule has 0 heterocycles. The molecule has 0 fully saturated rings. The molecule has 1 unspecified atom stereocenters. The largest absolute Gasteiger partial charge is 0.382 e. The Balaban J connectivity index is 3.80. The second kappa shape index (κ2) is 26.2. The van der Waals surface area contributed by atoms with Crippen molar-refractivity contribution in [3.8, 4) is 0 Å². The van der Waals surface area contributed by atoms with Crippen molar-refractivity contribution in [2.75, 3.05) is 120 Å². The first-order chi connectivity index (χ1) is 16.7. The van der Waals surface area contributed by atoms with E-state index in [0.29, 0.717) is 105 Å². The van der Waals surface area contributed by atoms with E-state index in [9.17, 15) is 4.79 Å². The number of hydrogen-bond acceptors (Lipinski definition) is 11. The van der Waals surface area contributed by atoms with Crippen LogP contribution in [0.15, 0.2) is 5.11 Å². The van der Waals surface area contributed by atoms with E-state index in [4.69, 9.17) is 48.2 Å². The maximum atomic E-state index is 10.5. The third-order valence-electron chi connectivity index (χ3n) is 4.02. The summed E-state index contributed by atoms with van der Waals surface area (Å²) in [6, 6.07) is 0. The summed E-state index contributed by atoms with van der Waals surface area (Å²) in [6.07, 6.45) is 0.712. The van der Waals surface area contributed by atoms with Gasteiger partial charge >= 0.3 is 0 Å². The highest BCUT2D eigenvalue weighted by molar-refractivity contribution is 5.50. The highest BCUT2D eigenvalue weighted by Gasteiger charge is 2.26. The van der Waals surface area contributed by atoms with Crippen molar-refractivity contribution < 1.29 is 47.4 Å². The smallest absolute Gasteiger partial charge is 0.146 e. The summed E-state index contributed by atoms with van der Waals surface area (Å²) in [5.74, 6) is 0. The van der Waals surface area contributed by atoms with Gasteiger partial charge in [0.25, 0.3) is 0 Å². The van der Waals surface area contributed by atoms with Gasteiger partial charge in [0.05, 0.1) is 92.5 Å². The number of hydrogen-bond donors (Lipinski definition) is 0. The second-order valence-corrected chi connectivity index (χ2v) is 7.32. The van der Waals surface area contributed by atoms with Crippen molar-refractivity contribution in [2.45, 2.75) is 6.92 Å². The van der Waals surface area contributed by atoms with Crippen LogP contribution in [0.4, 0.5) is 0 Å². The fourth-order valence-electron chi connectivity index (χ4n) is 2.36. The van der Waals surface area contributed by atoms with Crippen LogP contribution in [0.25, 0.3) is 10.4 Å². The van der Waals surface area contributed by atoms with Gasteiger partial charge in [0, 0.05) is 24.0 Å². The van der Waals surface area contributed by atoms with Gasteiger partial charge in [-0.15, -0.1) is 0 Å². The zero-order valence-corrected chi connectivity index (χ0v) is 20.5. The third kappa shape index (κ3) is 23.8. The van der Waals surface area contributed by atoms with Gasteiger partial charge in [-0.3, -0.25) is 0 Å². The summed E-state index contributed by atoms with van der Waals surface area (Å²) >= 11 is 0. The van der Waals surface area contributed by atoms with E-state index in [2.05, 4.69) is 10.0 Å². The first-order valence-electron chi connectivity index (χ1n) is 11.2. The zero-order valence-electron chi connectivity index (χ0n) is 20.5. The molecular weight excluding hydrogens is 454 g/mol. The fraction of sp³-hybridized carbons (Fsp3) is 0.952. The van der Waals surface area contributed by atoms with Crippen LogP contribution in [0.3, 0.4) is 0 Å². The number of azide groups is 1. The van der Waals surface area contributed by atoms with E-state index >= 15 is 0 Å². The molecule has 0 aliphatic carbocycles. The standard InChI is InChI=1S/C21H41N3O10/c1-21(17-30-6-4-25,18-31-14-11-28-10-9-27-5-3-23-24-22)19-32-15-12-29-13-16-34-20-33-8-7-26-2/h4H,3,5-20H2,1-2H3. The molecule has 0 amide bonds. The van der Waals surface area contributed by atoms with Crippen LogP contribution in [0.2, 0.25) is 0 Å². The van der Waals surface area contributed by atoms with Crippen molar-refractivity contribution >= 4 is 6.29 Å². The molecule has 34 heavy (non-hydrogen) atoms. The molecule has 1 atom stereocenters. The van der Waals surface area contributed by atoms with Gasteiger partial charge in [0.2, 0.25) is 0 Å². The lowest BCUT2D eigenvalue weighted by molar-refractivity contribution is -0.116. The Morgan fingerprint density at radius 2 is 1.18 bits per heavy atom. The third-order valence-corrected chi connectivity index (χ3v) is 4.02.